The molecule has 0 aromatic rings. The summed E-state index contributed by atoms with van der Waals surface area (Å²) in [5, 5.41) is 9.15. The van der Waals surface area contributed by atoms with E-state index in [0.29, 0.717) is 12.8 Å². The van der Waals surface area contributed by atoms with Crippen LogP contribution in [0.5, 0.6) is 0 Å². The summed E-state index contributed by atoms with van der Waals surface area (Å²) in [5.74, 6) is -1.50. The minimum atomic E-state index is -4.03. The summed E-state index contributed by atoms with van der Waals surface area (Å²) < 4.78 is 51.3. The van der Waals surface area contributed by atoms with E-state index in [1.807, 2.05) is 0 Å². The van der Waals surface area contributed by atoms with Crippen molar-refractivity contribution in [2.24, 2.45) is 0 Å². The van der Waals surface area contributed by atoms with Crippen molar-refractivity contribution >= 4 is 26.0 Å². The van der Waals surface area contributed by atoms with E-state index in [1.165, 1.54) is 6.92 Å². The van der Waals surface area contributed by atoms with Gasteiger partial charge in [-0.25, -0.2) is 8.42 Å². The molecule has 2 rings (SSSR count). The maximum atomic E-state index is 12.4. The monoisotopic (exact) mass is 340 g/mol. The summed E-state index contributed by atoms with van der Waals surface area (Å²) in [5.41, 5.74) is -1.07. The highest BCUT2D eigenvalue weighted by Crippen LogP contribution is 2.26. The van der Waals surface area contributed by atoms with Crippen LogP contribution in [0.2, 0.25) is 0 Å². The predicted octanol–water partition coefficient (Wildman–Crippen LogP) is -0.663. The Labute approximate surface area is 124 Å². The third kappa shape index (κ3) is 3.74. The third-order valence-electron chi connectivity index (χ3n) is 3.93. The van der Waals surface area contributed by atoms with Crippen molar-refractivity contribution in [1.29, 1.82) is 0 Å². The number of nitrogens with zero attached hydrogens (tertiary/aromatic N) is 1. The lowest BCUT2D eigenvalue weighted by molar-refractivity contribution is -0.142. The van der Waals surface area contributed by atoms with E-state index in [0.717, 1.165) is 4.31 Å². The number of aliphatic carboxylic acids is 1. The van der Waals surface area contributed by atoms with Gasteiger partial charge in [-0.1, -0.05) is 0 Å². The molecule has 21 heavy (non-hydrogen) atoms. The van der Waals surface area contributed by atoms with Crippen LogP contribution in [0, 0.1) is 0 Å². The number of carboxylic acid groups (broad SMARTS) is 1. The average Bonchev–Trinajstić information content (AvgIpc) is 2.62. The van der Waals surface area contributed by atoms with Gasteiger partial charge >= 0.3 is 5.97 Å². The van der Waals surface area contributed by atoms with Crippen molar-refractivity contribution in [2.75, 3.05) is 18.1 Å². The molecule has 8 nitrogen and oxygen atoms in total. The molecule has 0 amide bonds. The molecule has 0 aromatic heterocycles. The molecule has 0 saturated carbocycles. The normalized spacial score (nSPS) is 33.9. The summed E-state index contributed by atoms with van der Waals surface area (Å²) in [4.78, 5) is 11.2. The Balaban J connectivity index is 2.20. The van der Waals surface area contributed by atoms with Gasteiger partial charge in [-0.15, -0.1) is 0 Å². The lowest BCUT2D eigenvalue weighted by Gasteiger charge is -2.35. The van der Waals surface area contributed by atoms with Crippen LogP contribution in [-0.4, -0.2) is 61.8 Å². The molecule has 2 fully saturated rings. The minimum absolute atomic E-state index is 0.0611. The third-order valence-corrected chi connectivity index (χ3v) is 7.63. The van der Waals surface area contributed by atoms with Gasteiger partial charge in [0.2, 0.25) is 0 Å². The van der Waals surface area contributed by atoms with Crippen LogP contribution in [0.15, 0.2) is 0 Å². The fraction of sp³-hybridized carbons (Fsp3) is 0.909. The van der Waals surface area contributed by atoms with Crippen LogP contribution in [0.3, 0.4) is 0 Å². The minimum Gasteiger partial charge on any atom is -0.480 e. The fourth-order valence-electron chi connectivity index (χ4n) is 2.90. The summed E-state index contributed by atoms with van der Waals surface area (Å²) in [6.45, 7) is 1.67. The summed E-state index contributed by atoms with van der Waals surface area (Å²) >= 11 is 0. The maximum Gasteiger partial charge on any atom is 0.322 e. The van der Waals surface area contributed by atoms with E-state index in [-0.39, 0.29) is 30.9 Å². The zero-order chi connectivity index (χ0) is 15.9. The molecular formula is C11H20N2O6S2. The molecule has 0 aromatic carbocycles. The van der Waals surface area contributed by atoms with Crippen LogP contribution in [0.1, 0.15) is 32.6 Å². The highest BCUT2D eigenvalue weighted by molar-refractivity contribution is 7.92. The number of nitrogens with one attached hydrogen (secondary N) is 1. The van der Waals surface area contributed by atoms with Crippen LogP contribution < -0.4 is 4.72 Å². The Morgan fingerprint density at radius 1 is 1.38 bits per heavy atom. The summed E-state index contributed by atoms with van der Waals surface area (Å²) in [6.07, 6.45) is 1.72. The molecule has 2 heterocycles. The highest BCUT2D eigenvalue weighted by atomic mass is 32.2. The Morgan fingerprint density at radius 3 is 2.57 bits per heavy atom. The lowest BCUT2D eigenvalue weighted by atomic mass is 10.0. The molecule has 0 bridgehead atoms. The predicted molar refractivity (Wildman–Crippen MR) is 75.7 cm³/mol. The second-order valence-corrected chi connectivity index (χ2v) is 9.78. The second-order valence-electron chi connectivity index (χ2n) is 5.97. The van der Waals surface area contributed by atoms with Crippen molar-refractivity contribution in [3.8, 4) is 0 Å². The topological polar surface area (TPSA) is 121 Å². The molecule has 122 valence electrons. The molecule has 2 saturated heterocycles. The second kappa shape index (κ2) is 5.49. The zero-order valence-corrected chi connectivity index (χ0v) is 13.4. The van der Waals surface area contributed by atoms with Gasteiger partial charge in [0.15, 0.2) is 9.84 Å². The number of piperidine rings is 1. The van der Waals surface area contributed by atoms with Crippen LogP contribution >= 0.6 is 0 Å². The van der Waals surface area contributed by atoms with Gasteiger partial charge in [0, 0.05) is 12.1 Å². The van der Waals surface area contributed by atoms with Crippen LogP contribution in [0.4, 0.5) is 0 Å². The molecule has 2 unspecified atom stereocenters. The first-order chi connectivity index (χ1) is 9.55. The Bertz CT molecular complexity index is 629. The molecule has 0 radical (unpaired) electrons. The molecule has 2 N–H and O–H groups in total. The van der Waals surface area contributed by atoms with Gasteiger partial charge in [0.25, 0.3) is 10.2 Å². The molecule has 0 spiro atoms. The van der Waals surface area contributed by atoms with Crippen molar-refractivity contribution in [3.05, 3.63) is 0 Å². The van der Waals surface area contributed by atoms with E-state index in [2.05, 4.69) is 4.72 Å². The molecule has 2 atom stereocenters. The molecule has 10 heteroatoms. The number of rotatable bonds is 4. The summed E-state index contributed by atoms with van der Waals surface area (Å²) in [7, 11) is -7.28. The van der Waals surface area contributed by atoms with Crippen LogP contribution in [0.25, 0.3) is 0 Å². The van der Waals surface area contributed by atoms with Gasteiger partial charge in [-0.3, -0.25) is 4.79 Å². The fourth-order valence-corrected chi connectivity index (χ4v) is 6.90. The average molecular weight is 340 g/mol. The van der Waals surface area contributed by atoms with Gasteiger partial charge in [-0.05, 0) is 32.6 Å². The Morgan fingerprint density at radius 2 is 2.05 bits per heavy atom. The number of hydrogen-bond acceptors (Lipinski definition) is 5. The Hall–Kier alpha value is -0.710. The smallest absolute Gasteiger partial charge is 0.322 e. The maximum absolute atomic E-state index is 12.4. The van der Waals surface area contributed by atoms with Gasteiger partial charge < -0.3 is 5.11 Å². The standard InChI is InChI=1S/C11H20N2O6S2/c1-11(5-7-20(16,17)8-11)12-21(18,19)13-6-3-2-4-9(13)10(14)15/h9,12H,2-8H2,1H3,(H,14,15). The van der Waals surface area contributed by atoms with E-state index in [1.54, 1.807) is 0 Å². The van der Waals surface area contributed by atoms with Gasteiger partial charge in [0.1, 0.15) is 6.04 Å². The molecule has 2 aliphatic rings. The van der Waals surface area contributed by atoms with E-state index >= 15 is 0 Å². The number of sulfone groups is 1. The lowest BCUT2D eigenvalue weighted by Crippen LogP contribution is -2.57. The molecule has 0 aliphatic carbocycles. The summed E-state index contributed by atoms with van der Waals surface area (Å²) in [6, 6.07) is -1.09. The Kier molecular flexibility index (Phi) is 4.35. The number of carbonyl (C=O) groups is 1. The SMILES string of the molecule is CC1(NS(=O)(=O)N2CCCCC2C(=O)O)CCS(=O)(=O)C1. The number of carboxylic acids is 1. The first-order valence-corrected chi connectivity index (χ1v) is 10.0. The molecular weight excluding hydrogens is 320 g/mol. The van der Waals surface area contributed by atoms with Gasteiger partial charge in [0.05, 0.1) is 11.5 Å². The van der Waals surface area contributed by atoms with E-state index in [9.17, 15) is 21.6 Å². The van der Waals surface area contributed by atoms with Crippen molar-refractivity contribution in [1.82, 2.24) is 9.03 Å². The largest absolute Gasteiger partial charge is 0.480 e. The molecule has 2 aliphatic heterocycles. The van der Waals surface area contributed by atoms with Crippen LogP contribution in [-0.2, 0) is 24.8 Å². The number of hydrogen-bond donors (Lipinski definition) is 2. The van der Waals surface area contributed by atoms with E-state index in [4.69, 9.17) is 5.11 Å². The van der Waals surface area contributed by atoms with Crippen molar-refractivity contribution in [3.63, 3.8) is 0 Å². The van der Waals surface area contributed by atoms with E-state index < -0.39 is 37.6 Å². The van der Waals surface area contributed by atoms with Crippen molar-refractivity contribution < 1.29 is 26.7 Å². The van der Waals surface area contributed by atoms with Crippen molar-refractivity contribution in [2.45, 2.75) is 44.2 Å². The highest BCUT2D eigenvalue weighted by Gasteiger charge is 2.45. The first kappa shape index (κ1) is 16.7. The van der Waals surface area contributed by atoms with Gasteiger partial charge in [-0.2, -0.15) is 17.4 Å². The quantitative estimate of drug-likeness (QED) is 0.700. The zero-order valence-electron chi connectivity index (χ0n) is 11.8. The first-order valence-electron chi connectivity index (χ1n) is 6.79.